The van der Waals surface area contributed by atoms with Crippen LogP contribution in [0, 0.1) is 0 Å². The number of benzene rings is 2. The number of methoxy groups -OCH3 is 1. The number of hydrogen-bond acceptors (Lipinski definition) is 7. The highest BCUT2D eigenvalue weighted by Gasteiger charge is 2.34. The van der Waals surface area contributed by atoms with E-state index in [0.29, 0.717) is 41.5 Å². The Hall–Kier alpha value is -3.35. The van der Waals surface area contributed by atoms with E-state index in [1.54, 1.807) is 24.4 Å². The molecule has 13 heteroatoms. The first-order chi connectivity index (χ1) is 19.1. The van der Waals surface area contributed by atoms with Crippen LogP contribution in [0.15, 0.2) is 52.5 Å². The van der Waals surface area contributed by atoms with Gasteiger partial charge >= 0.3 is 12.1 Å². The molecule has 2 aromatic carbocycles. The Kier molecular flexibility index (Phi) is 8.20. The molecule has 0 spiro atoms. The number of fused-ring (bicyclic) bond motifs is 1. The lowest BCUT2D eigenvalue weighted by atomic mass is 10.1. The second kappa shape index (κ2) is 11.6. The molecule has 0 saturated carbocycles. The van der Waals surface area contributed by atoms with Crippen molar-refractivity contribution in [3.63, 3.8) is 0 Å². The van der Waals surface area contributed by atoms with Crippen LogP contribution in [-0.4, -0.2) is 64.6 Å². The number of carbonyl (C=O) groups is 2. The number of piperidine rings is 1. The minimum atomic E-state index is -4.54. The lowest BCUT2D eigenvalue weighted by Crippen LogP contribution is -2.39. The third kappa shape index (κ3) is 6.34. The number of hydrogen-bond donors (Lipinski definition) is 0. The molecule has 0 N–H and O–H groups in total. The zero-order valence-corrected chi connectivity index (χ0v) is 22.9. The summed E-state index contributed by atoms with van der Waals surface area (Å²) in [5, 5.41) is 5.65. The number of nitrogens with zero attached hydrogens (tertiary/aromatic N) is 4. The molecular weight excluding hydrogens is 569 g/mol. The Bertz CT molecular complexity index is 1510. The van der Waals surface area contributed by atoms with E-state index in [-0.39, 0.29) is 35.7 Å². The number of amides is 1. The Labute approximate surface area is 236 Å². The van der Waals surface area contributed by atoms with Crippen LogP contribution in [0.2, 0.25) is 5.02 Å². The number of rotatable bonds is 6. The molecule has 0 bridgehead atoms. The summed E-state index contributed by atoms with van der Waals surface area (Å²) in [5.41, 5.74) is 0.668. The topological polar surface area (TPSA) is 86.0 Å². The molecule has 0 radical (unpaired) electrons. The fraction of sp³-hybridized carbons (Fsp3) is 0.333. The molecule has 1 saturated heterocycles. The first kappa shape index (κ1) is 28.2. The molecule has 3 heterocycles. The summed E-state index contributed by atoms with van der Waals surface area (Å²) in [6, 6.07) is 9.08. The summed E-state index contributed by atoms with van der Waals surface area (Å²) < 4.78 is 52.2. The second-order valence-electron chi connectivity index (χ2n) is 9.30. The van der Waals surface area contributed by atoms with E-state index in [2.05, 4.69) is 14.8 Å². The van der Waals surface area contributed by atoms with Gasteiger partial charge in [-0.15, -0.1) is 0 Å². The van der Waals surface area contributed by atoms with Gasteiger partial charge in [-0.05, 0) is 66.1 Å². The number of aliphatic imine (C=N–C) groups is 1. The number of ether oxygens (including phenoxy) is 2. The lowest BCUT2D eigenvalue weighted by Gasteiger charge is -2.32. The van der Waals surface area contributed by atoms with Gasteiger partial charge in [0.25, 0.3) is 5.91 Å². The summed E-state index contributed by atoms with van der Waals surface area (Å²) in [4.78, 5) is 30.6. The predicted octanol–water partition coefficient (Wildman–Crippen LogP) is 5.38. The number of amidine groups is 1. The highest BCUT2D eigenvalue weighted by Crippen LogP contribution is 2.35. The van der Waals surface area contributed by atoms with Gasteiger partial charge in [0.05, 0.1) is 41.9 Å². The van der Waals surface area contributed by atoms with Crippen LogP contribution >= 0.6 is 23.4 Å². The zero-order chi connectivity index (χ0) is 28.4. The van der Waals surface area contributed by atoms with Crippen LogP contribution in [0.4, 0.5) is 13.2 Å². The molecule has 0 unspecified atom stereocenters. The molecule has 5 rings (SSSR count). The van der Waals surface area contributed by atoms with Crippen molar-refractivity contribution >= 4 is 57.4 Å². The molecule has 0 atom stereocenters. The highest BCUT2D eigenvalue weighted by atomic mass is 35.5. The summed E-state index contributed by atoms with van der Waals surface area (Å²) in [6.45, 7) is 1.13. The minimum Gasteiger partial charge on any atom is -0.467 e. The molecule has 8 nitrogen and oxygen atoms in total. The van der Waals surface area contributed by atoms with E-state index in [1.165, 1.54) is 35.7 Å². The zero-order valence-electron chi connectivity index (χ0n) is 21.3. The maximum absolute atomic E-state index is 13.5. The van der Waals surface area contributed by atoms with Gasteiger partial charge in [0.15, 0.2) is 5.17 Å². The van der Waals surface area contributed by atoms with E-state index < -0.39 is 17.7 Å². The number of esters is 1. The molecule has 210 valence electrons. The summed E-state index contributed by atoms with van der Waals surface area (Å²) >= 11 is 7.09. The molecule has 40 heavy (non-hydrogen) atoms. The van der Waals surface area contributed by atoms with Crippen molar-refractivity contribution in [2.45, 2.75) is 31.7 Å². The predicted molar refractivity (Wildman–Crippen MR) is 146 cm³/mol. The molecular formula is C27H24ClF3N4O4S. The van der Waals surface area contributed by atoms with Crippen molar-refractivity contribution in [2.75, 3.05) is 26.8 Å². The van der Waals surface area contributed by atoms with Crippen LogP contribution < -0.4 is 0 Å². The van der Waals surface area contributed by atoms with Crippen molar-refractivity contribution < 1.29 is 32.2 Å². The number of carbonyl (C=O) groups excluding carboxylic acids is 2. The fourth-order valence-electron chi connectivity index (χ4n) is 4.58. The Morgan fingerprint density at radius 1 is 1.20 bits per heavy atom. The normalized spacial score (nSPS) is 17.6. The van der Waals surface area contributed by atoms with Crippen molar-refractivity contribution in [1.29, 1.82) is 0 Å². The number of aromatic nitrogens is 2. The Balaban J connectivity index is 1.25. The standard InChI is InChI=1S/C27H24ClF3N4O4S/c1-38-24(36)15-39-20-6-8-34(9-7-20)26-33-25(37)23(40-26)11-16-2-5-22-18(10-16)13-32-35(22)14-17-3-4-19(28)12-21(17)27(29,30)31/h2-5,10-13,20H,6-9,14-15H2,1H3/b23-11-. The SMILES string of the molecule is COC(=O)COC1CCN(C2=NC(=O)/C(=C/c3ccc4c(cnn4Cc4ccc(Cl)cc4C(F)(F)F)c3)S2)CC1. The average molecular weight is 593 g/mol. The maximum Gasteiger partial charge on any atom is 0.416 e. The third-order valence-corrected chi connectivity index (χ3v) is 7.93. The van der Waals surface area contributed by atoms with Crippen LogP contribution in [-0.2, 0) is 31.8 Å². The molecule has 2 aliphatic rings. The quantitative estimate of drug-likeness (QED) is 0.281. The van der Waals surface area contributed by atoms with Crippen LogP contribution in [0.25, 0.3) is 17.0 Å². The summed E-state index contributed by atoms with van der Waals surface area (Å²) in [5.74, 6) is -0.747. The minimum absolute atomic E-state index is 0.0136. The van der Waals surface area contributed by atoms with Gasteiger partial charge in [-0.2, -0.15) is 23.3 Å². The first-order valence-corrected chi connectivity index (χ1v) is 13.6. The molecule has 1 amide bonds. The van der Waals surface area contributed by atoms with Crippen molar-refractivity contribution in [3.8, 4) is 0 Å². The summed E-state index contributed by atoms with van der Waals surface area (Å²) in [6.07, 6.45) is 0.130. The number of thioether (sulfide) groups is 1. The largest absolute Gasteiger partial charge is 0.467 e. The van der Waals surface area contributed by atoms with Gasteiger partial charge in [-0.25, -0.2) is 4.79 Å². The van der Waals surface area contributed by atoms with Crippen molar-refractivity contribution in [3.05, 3.63) is 69.2 Å². The molecule has 3 aromatic rings. The van der Waals surface area contributed by atoms with Crippen molar-refractivity contribution in [2.24, 2.45) is 4.99 Å². The van der Waals surface area contributed by atoms with Gasteiger partial charge < -0.3 is 14.4 Å². The van der Waals surface area contributed by atoms with E-state index in [0.717, 1.165) is 17.0 Å². The average Bonchev–Trinajstić information content (AvgIpc) is 3.50. The van der Waals surface area contributed by atoms with E-state index in [1.807, 2.05) is 11.0 Å². The monoisotopic (exact) mass is 592 g/mol. The highest BCUT2D eigenvalue weighted by molar-refractivity contribution is 8.18. The third-order valence-electron chi connectivity index (χ3n) is 6.65. The maximum atomic E-state index is 13.5. The van der Waals surface area contributed by atoms with Gasteiger partial charge in [0.2, 0.25) is 0 Å². The number of halogens is 4. The van der Waals surface area contributed by atoms with E-state index in [4.69, 9.17) is 16.3 Å². The van der Waals surface area contributed by atoms with Crippen molar-refractivity contribution in [1.82, 2.24) is 14.7 Å². The first-order valence-electron chi connectivity index (χ1n) is 12.4. The van der Waals surface area contributed by atoms with E-state index in [9.17, 15) is 22.8 Å². The molecule has 0 aliphatic carbocycles. The van der Waals surface area contributed by atoms with Gasteiger partial charge in [0, 0.05) is 23.5 Å². The molecule has 1 fully saturated rings. The molecule has 1 aromatic heterocycles. The number of likely N-dealkylation sites (tertiary alicyclic amines) is 1. The van der Waals surface area contributed by atoms with Crippen LogP contribution in [0.3, 0.4) is 0 Å². The lowest BCUT2D eigenvalue weighted by molar-refractivity contribution is -0.148. The van der Waals surface area contributed by atoms with Crippen LogP contribution in [0.1, 0.15) is 29.5 Å². The Morgan fingerprint density at radius 2 is 1.98 bits per heavy atom. The fourth-order valence-corrected chi connectivity index (χ4v) is 5.71. The van der Waals surface area contributed by atoms with Crippen LogP contribution in [0.5, 0.6) is 0 Å². The van der Waals surface area contributed by atoms with Gasteiger partial charge in [-0.1, -0.05) is 23.7 Å². The smallest absolute Gasteiger partial charge is 0.416 e. The summed E-state index contributed by atoms with van der Waals surface area (Å²) in [7, 11) is 1.32. The van der Waals surface area contributed by atoms with Gasteiger partial charge in [0.1, 0.15) is 6.61 Å². The Morgan fingerprint density at radius 3 is 2.70 bits per heavy atom. The second-order valence-corrected chi connectivity index (χ2v) is 10.7. The van der Waals surface area contributed by atoms with Gasteiger partial charge in [-0.3, -0.25) is 9.48 Å². The van der Waals surface area contributed by atoms with E-state index >= 15 is 0 Å². The number of alkyl halides is 3. The molecule has 2 aliphatic heterocycles.